The lowest BCUT2D eigenvalue weighted by molar-refractivity contribution is -0.116. The van der Waals surface area contributed by atoms with Crippen LogP contribution in [0.25, 0.3) is 10.2 Å². The summed E-state index contributed by atoms with van der Waals surface area (Å²) in [5.74, 6) is -0.420. The van der Waals surface area contributed by atoms with Gasteiger partial charge in [0.15, 0.2) is 0 Å². The number of carbonyl (C=O) groups is 2. The van der Waals surface area contributed by atoms with Gasteiger partial charge in [-0.25, -0.2) is 4.98 Å². The number of aryl methyl sites for hydroxylation is 2. The average molecular weight is 410 g/mol. The van der Waals surface area contributed by atoms with Crippen molar-refractivity contribution in [3.63, 3.8) is 0 Å². The molecule has 0 spiro atoms. The minimum atomic E-state index is -0.316. The van der Waals surface area contributed by atoms with Crippen molar-refractivity contribution in [2.45, 2.75) is 32.2 Å². The fourth-order valence-corrected chi connectivity index (χ4v) is 4.82. The molecule has 1 N–H and O–H groups in total. The summed E-state index contributed by atoms with van der Waals surface area (Å²) in [7, 11) is 3.37. The molecule has 0 saturated heterocycles. The Bertz CT molecular complexity index is 1150. The molecule has 1 aliphatic rings. The highest BCUT2D eigenvalue weighted by molar-refractivity contribution is 7.18. The monoisotopic (exact) mass is 410 g/mol. The van der Waals surface area contributed by atoms with Gasteiger partial charge in [0, 0.05) is 30.2 Å². The molecule has 3 aromatic rings. The lowest BCUT2D eigenvalue weighted by Crippen LogP contribution is -2.28. The first-order valence-electron chi connectivity index (χ1n) is 9.55. The van der Waals surface area contributed by atoms with E-state index < -0.39 is 0 Å². The van der Waals surface area contributed by atoms with Crippen molar-refractivity contribution in [2.75, 3.05) is 19.4 Å². The fraction of sp³-hybridized carbons (Fsp3) is 0.333. The second-order valence-electron chi connectivity index (χ2n) is 7.39. The van der Waals surface area contributed by atoms with Crippen LogP contribution in [-0.2, 0) is 24.2 Å². The zero-order chi connectivity index (χ0) is 20.5. The summed E-state index contributed by atoms with van der Waals surface area (Å²) in [6.45, 7) is -0.106. The van der Waals surface area contributed by atoms with E-state index in [0.717, 1.165) is 36.1 Å². The summed E-state index contributed by atoms with van der Waals surface area (Å²) in [5, 5.41) is 3.44. The van der Waals surface area contributed by atoms with Gasteiger partial charge in [0.05, 0.1) is 11.7 Å². The maximum Gasteiger partial charge on any atom is 0.262 e. The Balaban J connectivity index is 1.51. The quantitative estimate of drug-likeness (QED) is 0.717. The number of benzene rings is 1. The van der Waals surface area contributed by atoms with Crippen LogP contribution in [0.2, 0.25) is 0 Å². The Morgan fingerprint density at radius 1 is 1.17 bits per heavy atom. The van der Waals surface area contributed by atoms with Crippen LogP contribution in [0.4, 0.5) is 5.69 Å². The maximum absolute atomic E-state index is 12.9. The van der Waals surface area contributed by atoms with Crippen LogP contribution >= 0.6 is 11.3 Å². The Labute approximate surface area is 172 Å². The van der Waals surface area contributed by atoms with Crippen molar-refractivity contribution in [2.24, 2.45) is 0 Å². The van der Waals surface area contributed by atoms with E-state index in [9.17, 15) is 14.4 Å². The Kier molecular flexibility index (Phi) is 5.19. The summed E-state index contributed by atoms with van der Waals surface area (Å²) in [6.07, 6.45) is 5.59. The minimum absolute atomic E-state index is 0.104. The van der Waals surface area contributed by atoms with Crippen molar-refractivity contribution < 1.29 is 9.59 Å². The molecule has 0 atom stereocenters. The topological polar surface area (TPSA) is 84.3 Å². The summed E-state index contributed by atoms with van der Waals surface area (Å²) >= 11 is 1.59. The predicted octanol–water partition coefficient (Wildman–Crippen LogP) is 2.68. The van der Waals surface area contributed by atoms with Gasteiger partial charge >= 0.3 is 0 Å². The fourth-order valence-electron chi connectivity index (χ4n) is 3.60. The molecule has 0 fully saturated rings. The second-order valence-corrected chi connectivity index (χ2v) is 8.48. The number of carbonyl (C=O) groups excluding carboxylic acids is 2. The third-order valence-electron chi connectivity index (χ3n) is 5.08. The molecule has 1 aromatic carbocycles. The van der Waals surface area contributed by atoms with Crippen molar-refractivity contribution in [3.05, 3.63) is 57.0 Å². The van der Waals surface area contributed by atoms with Gasteiger partial charge in [0.2, 0.25) is 5.91 Å². The molecule has 2 amide bonds. The van der Waals surface area contributed by atoms with Crippen molar-refractivity contribution in [1.82, 2.24) is 14.5 Å². The molecule has 2 aromatic heterocycles. The molecule has 8 heteroatoms. The second kappa shape index (κ2) is 7.79. The number of anilines is 1. The average Bonchev–Trinajstić information content (AvgIpc) is 3.09. The Morgan fingerprint density at radius 3 is 2.62 bits per heavy atom. The van der Waals surface area contributed by atoms with Crippen LogP contribution < -0.4 is 10.9 Å². The number of nitrogens with one attached hydrogen (secondary N) is 1. The van der Waals surface area contributed by atoms with Crippen LogP contribution in [0.3, 0.4) is 0 Å². The normalized spacial score (nSPS) is 13.2. The number of aromatic nitrogens is 2. The van der Waals surface area contributed by atoms with Crippen LogP contribution in [0.1, 0.15) is 33.6 Å². The van der Waals surface area contributed by atoms with Crippen LogP contribution in [0.15, 0.2) is 35.4 Å². The van der Waals surface area contributed by atoms with Gasteiger partial charge in [-0.15, -0.1) is 11.3 Å². The van der Waals surface area contributed by atoms with E-state index in [1.54, 1.807) is 49.7 Å². The summed E-state index contributed by atoms with van der Waals surface area (Å²) in [4.78, 5) is 45.3. The highest BCUT2D eigenvalue weighted by Crippen LogP contribution is 2.33. The zero-order valence-electron chi connectivity index (χ0n) is 16.4. The van der Waals surface area contributed by atoms with Gasteiger partial charge in [-0.2, -0.15) is 0 Å². The van der Waals surface area contributed by atoms with Gasteiger partial charge < -0.3 is 10.2 Å². The number of hydrogen-bond acceptors (Lipinski definition) is 5. The molecule has 150 valence electrons. The molecular formula is C21H22N4O3S. The molecule has 0 radical (unpaired) electrons. The number of rotatable bonds is 4. The third kappa shape index (κ3) is 3.80. The molecule has 0 unspecified atom stereocenters. The largest absolute Gasteiger partial charge is 0.345 e. The highest BCUT2D eigenvalue weighted by atomic mass is 32.1. The summed E-state index contributed by atoms with van der Waals surface area (Å²) < 4.78 is 1.36. The lowest BCUT2D eigenvalue weighted by atomic mass is 9.97. The van der Waals surface area contributed by atoms with E-state index in [4.69, 9.17) is 0 Å². The standard InChI is InChI=1S/C21H22N4O3S/c1-24(2)20(27)13-7-9-14(10-8-13)23-17(26)11-25-12-22-19-18(21(25)28)15-5-3-4-6-16(15)29-19/h7-10,12H,3-6,11H2,1-2H3,(H,23,26). The zero-order valence-corrected chi connectivity index (χ0v) is 17.2. The van der Waals surface area contributed by atoms with Gasteiger partial charge in [-0.1, -0.05) is 0 Å². The van der Waals surface area contributed by atoms with Gasteiger partial charge in [0.1, 0.15) is 11.4 Å². The van der Waals surface area contributed by atoms with E-state index in [0.29, 0.717) is 16.6 Å². The third-order valence-corrected chi connectivity index (χ3v) is 6.28. The predicted molar refractivity (Wildman–Crippen MR) is 114 cm³/mol. The number of amides is 2. The number of fused-ring (bicyclic) bond motifs is 3. The molecule has 7 nitrogen and oxygen atoms in total. The molecule has 29 heavy (non-hydrogen) atoms. The molecule has 2 heterocycles. The maximum atomic E-state index is 12.9. The van der Waals surface area contributed by atoms with Gasteiger partial charge in [-0.3, -0.25) is 19.0 Å². The Morgan fingerprint density at radius 2 is 1.90 bits per heavy atom. The van der Waals surface area contributed by atoms with Crippen molar-refractivity contribution >= 4 is 39.1 Å². The molecular weight excluding hydrogens is 388 g/mol. The first kappa shape index (κ1) is 19.3. The van der Waals surface area contributed by atoms with E-state index in [2.05, 4.69) is 10.3 Å². The Hall–Kier alpha value is -3.00. The SMILES string of the molecule is CN(C)C(=O)c1ccc(NC(=O)Cn2cnc3sc4c(c3c2=O)CCCC4)cc1. The molecule has 0 aliphatic heterocycles. The van der Waals surface area contributed by atoms with E-state index in [1.165, 1.54) is 20.7 Å². The number of hydrogen-bond donors (Lipinski definition) is 1. The van der Waals surface area contributed by atoms with Gasteiger partial charge in [-0.05, 0) is 55.5 Å². The van der Waals surface area contributed by atoms with Crippen LogP contribution in [0, 0.1) is 0 Å². The van der Waals surface area contributed by atoms with Crippen LogP contribution in [0.5, 0.6) is 0 Å². The smallest absolute Gasteiger partial charge is 0.262 e. The van der Waals surface area contributed by atoms with Crippen molar-refractivity contribution in [3.8, 4) is 0 Å². The first-order valence-corrected chi connectivity index (χ1v) is 10.4. The highest BCUT2D eigenvalue weighted by Gasteiger charge is 2.20. The molecule has 0 bridgehead atoms. The van der Waals surface area contributed by atoms with E-state index >= 15 is 0 Å². The lowest BCUT2D eigenvalue weighted by Gasteiger charge is -2.12. The van der Waals surface area contributed by atoms with Crippen LogP contribution in [-0.4, -0.2) is 40.4 Å². The molecule has 1 aliphatic carbocycles. The van der Waals surface area contributed by atoms with E-state index in [-0.39, 0.29) is 23.9 Å². The first-order chi connectivity index (χ1) is 13.9. The molecule has 4 rings (SSSR count). The van der Waals surface area contributed by atoms with Crippen molar-refractivity contribution in [1.29, 1.82) is 0 Å². The summed E-state index contributed by atoms with van der Waals surface area (Å²) in [6, 6.07) is 6.67. The number of thiophene rings is 1. The number of nitrogens with zero attached hydrogens (tertiary/aromatic N) is 3. The molecule has 0 saturated carbocycles. The summed E-state index contributed by atoms with van der Waals surface area (Å²) in [5.41, 5.74) is 2.07. The van der Waals surface area contributed by atoms with E-state index in [1.807, 2.05) is 0 Å². The van der Waals surface area contributed by atoms with Gasteiger partial charge in [0.25, 0.3) is 11.5 Å². The minimum Gasteiger partial charge on any atom is -0.345 e.